The topological polar surface area (TPSA) is 112 Å². The summed E-state index contributed by atoms with van der Waals surface area (Å²) in [5.41, 5.74) is -1.07. The first-order valence-corrected chi connectivity index (χ1v) is 17.4. The number of ether oxygens (including phenoxy) is 1. The molecule has 0 aromatic carbocycles. The number of hydrogen-bond donors (Lipinski definition) is 2. The van der Waals surface area contributed by atoms with E-state index in [1.807, 2.05) is 73.0 Å². The second-order valence-electron chi connectivity index (χ2n) is 12.0. The third kappa shape index (κ3) is 6.37. The Morgan fingerprint density at radius 1 is 1.17 bits per heavy atom. The molecule has 0 spiro atoms. The van der Waals surface area contributed by atoms with Crippen LogP contribution < -0.4 is 11.0 Å². The number of nitrogens with one attached hydrogen (secondary N) is 1. The fourth-order valence-electron chi connectivity index (χ4n) is 3.02. The van der Waals surface area contributed by atoms with Crippen LogP contribution in [0.25, 0.3) is 0 Å². The van der Waals surface area contributed by atoms with Crippen molar-refractivity contribution >= 4 is 28.5 Å². The highest BCUT2D eigenvalue weighted by Gasteiger charge is 2.63. The minimum Gasteiger partial charge on any atom is -0.465 e. The van der Waals surface area contributed by atoms with E-state index in [2.05, 4.69) is 4.98 Å². The monoisotopic (exact) mass is 535 g/mol. The molecule has 2 heterocycles. The molecule has 1 aromatic rings. The quantitative estimate of drug-likeness (QED) is 0.457. The summed E-state index contributed by atoms with van der Waals surface area (Å²) in [4.78, 5) is 26.9. The highest BCUT2D eigenvalue weighted by atomic mass is 28.4. The normalized spacial score (nSPS) is 23.4. The molecule has 200 valence electrons. The van der Waals surface area contributed by atoms with Crippen LogP contribution >= 0.6 is 0 Å². The molecule has 0 saturated carbocycles. The summed E-state index contributed by atoms with van der Waals surface area (Å²) in [6.07, 6.45) is -5.13. The zero-order valence-electron chi connectivity index (χ0n) is 22.2. The maximum atomic E-state index is 15.9. The Balaban J connectivity index is 2.46. The van der Waals surface area contributed by atoms with Crippen molar-refractivity contribution in [3.05, 3.63) is 22.7 Å². The Morgan fingerprint density at radius 3 is 2.17 bits per heavy atom. The maximum Gasteiger partial charge on any atom is 0.410 e. The summed E-state index contributed by atoms with van der Waals surface area (Å²) < 4.78 is 50.6. The number of carbonyl (C=O) groups is 1. The van der Waals surface area contributed by atoms with Crippen LogP contribution in [0.3, 0.4) is 0 Å². The van der Waals surface area contributed by atoms with Crippen molar-refractivity contribution in [1.82, 2.24) is 9.55 Å². The van der Waals surface area contributed by atoms with Crippen LogP contribution in [0.2, 0.25) is 36.3 Å². The van der Waals surface area contributed by atoms with E-state index in [0.29, 0.717) is 4.57 Å². The molecule has 1 amide bonds. The minimum atomic E-state index is -3.58. The number of hydrogen-bond acceptors (Lipinski definition) is 6. The van der Waals surface area contributed by atoms with Gasteiger partial charge in [0.1, 0.15) is 18.0 Å². The first-order valence-electron chi connectivity index (χ1n) is 11.5. The van der Waals surface area contributed by atoms with Crippen LogP contribution in [0.5, 0.6) is 0 Å². The van der Waals surface area contributed by atoms with Crippen LogP contribution in [0.15, 0.2) is 17.1 Å². The summed E-state index contributed by atoms with van der Waals surface area (Å²) in [7, 11) is -4.96. The van der Waals surface area contributed by atoms with E-state index in [1.165, 1.54) is 0 Å². The van der Waals surface area contributed by atoms with Gasteiger partial charge in [-0.25, -0.2) is 9.59 Å². The van der Waals surface area contributed by atoms with E-state index in [1.54, 1.807) is 0 Å². The summed E-state index contributed by atoms with van der Waals surface area (Å²) in [6.45, 7) is 19.7. The van der Waals surface area contributed by atoms with Crippen LogP contribution in [-0.4, -0.2) is 62.1 Å². The lowest BCUT2D eigenvalue weighted by Gasteiger charge is -2.41. The summed E-state index contributed by atoms with van der Waals surface area (Å²) in [6, 6.07) is 1.12. The lowest BCUT2D eigenvalue weighted by atomic mass is 10.1. The predicted molar refractivity (Wildman–Crippen MR) is 134 cm³/mol. The number of alkyl halides is 2. The predicted octanol–water partition coefficient (Wildman–Crippen LogP) is 5.28. The molecule has 1 aliphatic heterocycles. The maximum absolute atomic E-state index is 15.9. The van der Waals surface area contributed by atoms with Gasteiger partial charge in [0.05, 0.1) is 6.61 Å². The van der Waals surface area contributed by atoms with E-state index < -0.39 is 52.8 Å². The third-order valence-corrected chi connectivity index (χ3v) is 16.3. The number of anilines is 1. The second kappa shape index (κ2) is 9.65. The minimum absolute atomic E-state index is 0.108. The fraction of sp³-hybridized carbons (Fsp3) is 0.773. The second-order valence-corrected chi connectivity index (χ2v) is 21.6. The molecule has 2 rings (SSSR count). The van der Waals surface area contributed by atoms with Gasteiger partial charge in [-0.2, -0.15) is 13.8 Å². The smallest absolute Gasteiger partial charge is 0.410 e. The van der Waals surface area contributed by atoms with Gasteiger partial charge in [-0.15, -0.1) is 0 Å². The Morgan fingerprint density at radius 2 is 1.71 bits per heavy atom. The summed E-state index contributed by atoms with van der Waals surface area (Å²) in [5.74, 6) is -3.85. The fourth-order valence-corrected chi connectivity index (χ4v) is 5.33. The number of aromatic nitrogens is 2. The van der Waals surface area contributed by atoms with E-state index in [4.69, 9.17) is 18.7 Å². The molecule has 2 N–H and O–H groups in total. The molecule has 35 heavy (non-hydrogen) atoms. The van der Waals surface area contributed by atoms with Gasteiger partial charge < -0.3 is 18.7 Å². The van der Waals surface area contributed by atoms with E-state index in [0.717, 1.165) is 12.3 Å². The molecule has 13 heteroatoms. The molecule has 0 aliphatic carbocycles. The number of nitrogens with zero attached hydrogens (tertiary/aromatic N) is 2. The van der Waals surface area contributed by atoms with Crippen LogP contribution in [0, 0.1) is 0 Å². The van der Waals surface area contributed by atoms with E-state index >= 15 is 8.78 Å². The van der Waals surface area contributed by atoms with E-state index in [9.17, 15) is 9.59 Å². The first kappa shape index (κ1) is 29.6. The Hall–Kier alpha value is -1.68. The molecular weight excluding hydrogens is 496 g/mol. The van der Waals surface area contributed by atoms with Crippen LogP contribution in [0.1, 0.15) is 47.8 Å². The van der Waals surface area contributed by atoms with Gasteiger partial charge in [0.15, 0.2) is 16.6 Å². The summed E-state index contributed by atoms with van der Waals surface area (Å²) in [5, 5.41) is 10.3. The molecule has 3 atom stereocenters. The molecular formula is C22H39F2N3O6Si2. The molecule has 1 aromatic heterocycles. The van der Waals surface area contributed by atoms with Crippen LogP contribution in [-0.2, 0) is 13.6 Å². The van der Waals surface area contributed by atoms with Gasteiger partial charge in [-0.3, -0.25) is 9.88 Å². The number of amides is 1. The molecule has 0 bridgehead atoms. The van der Waals surface area contributed by atoms with Crippen molar-refractivity contribution in [3.8, 4) is 0 Å². The SMILES string of the molecule is CC(C)(C)[Si](C)(C)OC[C@H]1O[C@@H](n2ccc(NC(=O)O)nc2=O)C(F)(F)[C@@H]1O[Si](C)(C)C(C)(C)C. The van der Waals surface area contributed by atoms with Crippen molar-refractivity contribution in [1.29, 1.82) is 0 Å². The molecule has 0 unspecified atom stereocenters. The zero-order valence-corrected chi connectivity index (χ0v) is 24.2. The standard InChI is InChI=1S/C22H39F2N3O6Si2/c1-20(2,3)34(7,8)31-13-14-16(33-35(9,10)21(4,5)6)22(23,24)17(32-14)27-12-11-15(25-18(27)28)26-19(29)30/h11-12,14,16-17H,13H2,1-10H3,(H,29,30)(H,25,26,28)/t14-,16-,17-/m1/s1. The van der Waals surface area contributed by atoms with Gasteiger partial charge in [0.25, 0.3) is 0 Å². The van der Waals surface area contributed by atoms with Gasteiger partial charge >= 0.3 is 17.7 Å². The number of halogens is 2. The Bertz CT molecular complexity index is 989. The Kier molecular flexibility index (Phi) is 8.15. The molecule has 1 fully saturated rings. The van der Waals surface area contributed by atoms with Gasteiger partial charge in [0, 0.05) is 6.20 Å². The van der Waals surface area contributed by atoms with Gasteiger partial charge in [-0.1, -0.05) is 41.5 Å². The zero-order chi connectivity index (χ0) is 27.2. The molecule has 1 aliphatic rings. The van der Waals surface area contributed by atoms with Crippen molar-refractivity contribution in [2.75, 3.05) is 11.9 Å². The Labute approximate surface area is 207 Å². The average Bonchev–Trinajstić information content (AvgIpc) is 2.88. The number of rotatable bonds is 7. The highest BCUT2D eigenvalue weighted by molar-refractivity contribution is 6.74. The first-order chi connectivity index (χ1) is 15.6. The van der Waals surface area contributed by atoms with Crippen molar-refractivity contribution in [2.24, 2.45) is 0 Å². The molecule has 0 radical (unpaired) electrons. The summed E-state index contributed by atoms with van der Waals surface area (Å²) >= 11 is 0. The highest BCUT2D eigenvalue weighted by Crippen LogP contribution is 2.48. The third-order valence-electron chi connectivity index (χ3n) is 7.31. The number of carboxylic acid groups (broad SMARTS) is 1. The largest absolute Gasteiger partial charge is 0.465 e. The molecule has 9 nitrogen and oxygen atoms in total. The van der Waals surface area contributed by atoms with Crippen molar-refractivity contribution in [3.63, 3.8) is 0 Å². The van der Waals surface area contributed by atoms with Crippen molar-refractivity contribution < 1.29 is 32.3 Å². The van der Waals surface area contributed by atoms with Crippen LogP contribution in [0.4, 0.5) is 19.4 Å². The van der Waals surface area contributed by atoms with Crippen molar-refractivity contribution in [2.45, 2.75) is 102 Å². The lowest BCUT2D eigenvalue weighted by Crippen LogP contribution is -2.53. The lowest BCUT2D eigenvalue weighted by molar-refractivity contribution is -0.138. The van der Waals surface area contributed by atoms with Gasteiger partial charge in [-0.05, 0) is 42.3 Å². The molecule has 1 saturated heterocycles. The average molecular weight is 536 g/mol. The van der Waals surface area contributed by atoms with E-state index in [-0.39, 0.29) is 22.5 Å². The van der Waals surface area contributed by atoms with Gasteiger partial charge in [0.2, 0.25) is 6.23 Å².